The number of nitrogens with one attached hydrogen (secondary N) is 1. The number of benzene rings is 2. The van der Waals surface area contributed by atoms with E-state index in [9.17, 15) is 9.59 Å². The normalized spacial score (nSPS) is 11.6. The third-order valence-corrected chi connectivity index (χ3v) is 4.60. The first-order valence-electron chi connectivity index (χ1n) is 9.80. The van der Waals surface area contributed by atoms with Crippen molar-refractivity contribution in [1.82, 2.24) is 10.2 Å². The Balaban J connectivity index is 2.14. The van der Waals surface area contributed by atoms with Crippen LogP contribution in [-0.2, 0) is 22.6 Å². The SMILES string of the molecule is CCCNC(=O)C(CC)N(Cc1ccccc1)C(=O)CCc1ccccc1. The quantitative estimate of drug-likeness (QED) is 0.692. The fourth-order valence-electron chi connectivity index (χ4n) is 3.11. The van der Waals surface area contributed by atoms with Crippen LogP contribution in [-0.4, -0.2) is 29.3 Å². The van der Waals surface area contributed by atoms with Crippen LogP contribution in [0.4, 0.5) is 0 Å². The van der Waals surface area contributed by atoms with Crippen molar-refractivity contribution >= 4 is 11.8 Å². The van der Waals surface area contributed by atoms with Gasteiger partial charge in [-0.2, -0.15) is 0 Å². The minimum absolute atomic E-state index is 0.0150. The van der Waals surface area contributed by atoms with E-state index in [2.05, 4.69) is 5.32 Å². The van der Waals surface area contributed by atoms with Crippen LogP contribution in [0.5, 0.6) is 0 Å². The van der Waals surface area contributed by atoms with Crippen molar-refractivity contribution < 1.29 is 9.59 Å². The highest BCUT2D eigenvalue weighted by atomic mass is 16.2. The van der Waals surface area contributed by atoms with E-state index in [1.165, 1.54) is 0 Å². The fraction of sp³-hybridized carbons (Fsp3) is 0.391. The van der Waals surface area contributed by atoms with Crippen LogP contribution in [0.25, 0.3) is 0 Å². The molecule has 0 bridgehead atoms. The molecule has 0 aliphatic rings. The highest BCUT2D eigenvalue weighted by molar-refractivity contribution is 5.87. The van der Waals surface area contributed by atoms with Crippen molar-refractivity contribution in [3.8, 4) is 0 Å². The predicted octanol–water partition coefficient (Wildman–Crippen LogP) is 3.95. The Morgan fingerprint density at radius 1 is 0.926 bits per heavy atom. The molecule has 2 amide bonds. The van der Waals surface area contributed by atoms with Crippen molar-refractivity contribution in [2.24, 2.45) is 0 Å². The monoisotopic (exact) mass is 366 g/mol. The Morgan fingerprint density at radius 3 is 2.07 bits per heavy atom. The fourth-order valence-corrected chi connectivity index (χ4v) is 3.11. The molecule has 144 valence electrons. The Hall–Kier alpha value is -2.62. The molecule has 0 fully saturated rings. The zero-order chi connectivity index (χ0) is 19.5. The molecular weight excluding hydrogens is 336 g/mol. The number of hydrogen-bond acceptors (Lipinski definition) is 2. The number of aryl methyl sites for hydroxylation is 1. The molecule has 1 atom stereocenters. The molecule has 0 aromatic heterocycles. The zero-order valence-electron chi connectivity index (χ0n) is 16.4. The standard InChI is InChI=1S/C23H30N2O2/c1-3-17-24-23(27)21(4-2)25(18-20-13-9-6-10-14-20)22(26)16-15-19-11-7-5-8-12-19/h5-14,21H,3-4,15-18H2,1-2H3,(H,24,27). The average molecular weight is 367 g/mol. The molecule has 0 heterocycles. The minimum atomic E-state index is -0.444. The molecule has 0 aliphatic carbocycles. The molecule has 1 unspecified atom stereocenters. The van der Waals surface area contributed by atoms with Gasteiger partial charge >= 0.3 is 0 Å². The van der Waals surface area contributed by atoms with Crippen LogP contribution in [0.2, 0.25) is 0 Å². The lowest BCUT2D eigenvalue weighted by molar-refractivity contribution is -0.141. The third-order valence-electron chi connectivity index (χ3n) is 4.60. The maximum Gasteiger partial charge on any atom is 0.242 e. The third kappa shape index (κ3) is 6.55. The Morgan fingerprint density at radius 2 is 1.52 bits per heavy atom. The summed E-state index contributed by atoms with van der Waals surface area (Å²) in [5, 5.41) is 2.95. The summed E-state index contributed by atoms with van der Waals surface area (Å²) in [5.41, 5.74) is 2.17. The van der Waals surface area contributed by atoms with Gasteiger partial charge in [-0.15, -0.1) is 0 Å². The number of carbonyl (C=O) groups excluding carboxylic acids is 2. The summed E-state index contributed by atoms with van der Waals surface area (Å²) in [6, 6.07) is 19.4. The van der Waals surface area contributed by atoms with E-state index in [4.69, 9.17) is 0 Å². The molecular formula is C23H30N2O2. The number of hydrogen-bond donors (Lipinski definition) is 1. The van der Waals surface area contributed by atoms with E-state index in [0.717, 1.165) is 17.5 Å². The molecule has 2 aromatic rings. The summed E-state index contributed by atoms with van der Waals surface area (Å²) in [6.45, 7) is 5.06. The van der Waals surface area contributed by atoms with Crippen molar-refractivity contribution in [1.29, 1.82) is 0 Å². The van der Waals surface area contributed by atoms with E-state index in [1.54, 1.807) is 4.90 Å². The van der Waals surface area contributed by atoms with Gasteiger partial charge in [-0.05, 0) is 30.4 Å². The second-order valence-electron chi connectivity index (χ2n) is 6.71. The van der Waals surface area contributed by atoms with Gasteiger partial charge in [0.15, 0.2) is 0 Å². The summed E-state index contributed by atoms with van der Waals surface area (Å²) >= 11 is 0. The van der Waals surface area contributed by atoms with Gasteiger partial charge in [-0.3, -0.25) is 9.59 Å². The first-order chi connectivity index (χ1) is 13.2. The maximum absolute atomic E-state index is 13.0. The maximum atomic E-state index is 13.0. The van der Waals surface area contributed by atoms with Gasteiger partial charge in [0.25, 0.3) is 0 Å². The van der Waals surface area contributed by atoms with Crippen LogP contribution in [0, 0.1) is 0 Å². The Bertz CT molecular complexity index is 701. The van der Waals surface area contributed by atoms with E-state index in [-0.39, 0.29) is 11.8 Å². The molecule has 0 saturated heterocycles. The zero-order valence-corrected chi connectivity index (χ0v) is 16.4. The summed E-state index contributed by atoms with van der Waals surface area (Å²) < 4.78 is 0. The highest BCUT2D eigenvalue weighted by Crippen LogP contribution is 2.15. The molecule has 2 rings (SSSR count). The Labute approximate surface area is 162 Å². The van der Waals surface area contributed by atoms with E-state index in [0.29, 0.717) is 32.4 Å². The molecule has 4 nitrogen and oxygen atoms in total. The van der Waals surface area contributed by atoms with E-state index < -0.39 is 6.04 Å². The number of carbonyl (C=O) groups is 2. The van der Waals surface area contributed by atoms with E-state index >= 15 is 0 Å². The van der Waals surface area contributed by atoms with Crippen molar-refractivity contribution in [2.45, 2.75) is 52.1 Å². The summed E-state index contributed by atoms with van der Waals surface area (Å²) in [5.74, 6) is -0.0513. The van der Waals surface area contributed by atoms with Crippen LogP contribution in [0.1, 0.15) is 44.2 Å². The largest absolute Gasteiger partial charge is 0.354 e. The van der Waals surface area contributed by atoms with Gasteiger partial charge in [0.1, 0.15) is 6.04 Å². The number of nitrogens with zero attached hydrogens (tertiary/aromatic N) is 1. The second kappa shape index (κ2) is 11.2. The molecule has 0 radical (unpaired) electrons. The highest BCUT2D eigenvalue weighted by Gasteiger charge is 2.28. The molecule has 0 aliphatic heterocycles. The molecule has 2 aromatic carbocycles. The number of rotatable bonds is 10. The van der Waals surface area contributed by atoms with Gasteiger partial charge in [0, 0.05) is 19.5 Å². The van der Waals surface area contributed by atoms with Gasteiger partial charge in [-0.1, -0.05) is 74.5 Å². The van der Waals surface area contributed by atoms with Gasteiger partial charge in [0.2, 0.25) is 11.8 Å². The molecule has 27 heavy (non-hydrogen) atoms. The lowest BCUT2D eigenvalue weighted by Crippen LogP contribution is -2.49. The van der Waals surface area contributed by atoms with Gasteiger partial charge < -0.3 is 10.2 Å². The molecule has 0 saturated carbocycles. The van der Waals surface area contributed by atoms with Crippen LogP contribution >= 0.6 is 0 Å². The summed E-state index contributed by atoms with van der Waals surface area (Å²) in [7, 11) is 0. The summed E-state index contributed by atoms with van der Waals surface area (Å²) in [4.78, 5) is 27.4. The van der Waals surface area contributed by atoms with Crippen LogP contribution in [0.15, 0.2) is 60.7 Å². The van der Waals surface area contributed by atoms with Gasteiger partial charge in [-0.25, -0.2) is 0 Å². The smallest absolute Gasteiger partial charge is 0.242 e. The average Bonchev–Trinajstić information content (AvgIpc) is 2.71. The second-order valence-corrected chi connectivity index (χ2v) is 6.71. The minimum Gasteiger partial charge on any atom is -0.354 e. The van der Waals surface area contributed by atoms with Crippen LogP contribution < -0.4 is 5.32 Å². The molecule has 4 heteroatoms. The molecule has 1 N–H and O–H groups in total. The lowest BCUT2D eigenvalue weighted by Gasteiger charge is -2.30. The van der Waals surface area contributed by atoms with Crippen LogP contribution in [0.3, 0.4) is 0 Å². The topological polar surface area (TPSA) is 49.4 Å². The lowest BCUT2D eigenvalue weighted by atomic mass is 10.1. The van der Waals surface area contributed by atoms with Crippen molar-refractivity contribution in [3.05, 3.63) is 71.8 Å². The molecule has 0 spiro atoms. The Kier molecular flexibility index (Phi) is 8.56. The van der Waals surface area contributed by atoms with E-state index in [1.807, 2.05) is 74.5 Å². The number of amides is 2. The predicted molar refractivity (Wildman–Crippen MR) is 109 cm³/mol. The summed E-state index contributed by atoms with van der Waals surface area (Å²) in [6.07, 6.45) is 2.55. The van der Waals surface area contributed by atoms with Gasteiger partial charge in [0.05, 0.1) is 0 Å². The van der Waals surface area contributed by atoms with Crippen molar-refractivity contribution in [2.75, 3.05) is 6.54 Å². The first-order valence-corrected chi connectivity index (χ1v) is 9.80. The van der Waals surface area contributed by atoms with Crippen molar-refractivity contribution in [3.63, 3.8) is 0 Å². The first kappa shape index (κ1) is 20.7.